The number of nitrogens with one attached hydrogen (secondary N) is 3. The van der Waals surface area contributed by atoms with Gasteiger partial charge in [0.2, 0.25) is 11.8 Å². The molecule has 3 amide bonds. The fraction of sp³-hybridized carbons (Fsp3) is 0.600. The third kappa shape index (κ3) is 11.3. The second-order valence-corrected chi connectivity index (χ2v) is 9.33. The molecule has 0 fully saturated rings. The molecular formula is C25H40N4O7S. The van der Waals surface area contributed by atoms with Gasteiger partial charge in [0.1, 0.15) is 12.1 Å². The highest BCUT2D eigenvalue weighted by Gasteiger charge is 2.29. The zero-order valence-electron chi connectivity index (χ0n) is 22.3. The van der Waals surface area contributed by atoms with Crippen LogP contribution < -0.4 is 31.2 Å². The number of ether oxygens (including phenoxy) is 3. The van der Waals surface area contributed by atoms with E-state index >= 15 is 0 Å². The summed E-state index contributed by atoms with van der Waals surface area (Å²) < 4.78 is 16.5. The largest absolute Gasteiger partial charge is 0.493 e. The third-order valence-electron chi connectivity index (χ3n) is 5.63. The normalized spacial score (nSPS) is 13.0. The van der Waals surface area contributed by atoms with Gasteiger partial charge in [-0.05, 0) is 42.8 Å². The number of rotatable bonds is 16. The molecule has 0 bridgehead atoms. The van der Waals surface area contributed by atoms with Gasteiger partial charge in [-0.1, -0.05) is 26.3 Å². The number of hydrogen-bond donors (Lipinski definition) is 4. The van der Waals surface area contributed by atoms with Crippen molar-refractivity contribution in [2.24, 2.45) is 11.7 Å². The fourth-order valence-corrected chi connectivity index (χ4v) is 3.61. The number of thioether (sulfide) groups is 1. The molecule has 1 aromatic rings. The molecule has 37 heavy (non-hydrogen) atoms. The lowest BCUT2D eigenvalue weighted by Gasteiger charge is -2.23. The standard InChI is InChI=1S/C25H40N4O7S/c1-6-16(2)23(29-22(31)8-7-12-26)24(32)35-18-10-9-17(14-19(18)34-4)20(36-25(33)27-3)15-28-21(30)11-13-37-5/h9-10,14,16,20,23H,6-8,11-13,15,26H2,1-5H3,(H,27,33)(H,28,30)(H,29,31)/t16-,20?,23-/m0/s1. The molecule has 0 saturated carbocycles. The molecule has 0 saturated heterocycles. The summed E-state index contributed by atoms with van der Waals surface area (Å²) >= 11 is 1.56. The Morgan fingerprint density at radius 2 is 1.84 bits per heavy atom. The van der Waals surface area contributed by atoms with Crippen molar-refractivity contribution in [3.05, 3.63) is 23.8 Å². The van der Waals surface area contributed by atoms with Gasteiger partial charge >= 0.3 is 12.1 Å². The first-order valence-corrected chi connectivity index (χ1v) is 13.6. The van der Waals surface area contributed by atoms with Gasteiger partial charge in [0, 0.05) is 25.6 Å². The average molecular weight is 541 g/mol. The minimum Gasteiger partial charge on any atom is -0.493 e. The molecule has 1 rings (SSSR count). The number of hydrogen-bond acceptors (Lipinski definition) is 9. The molecule has 3 atom stereocenters. The quantitative estimate of drug-likeness (QED) is 0.182. The fourth-order valence-electron chi connectivity index (χ4n) is 3.22. The van der Waals surface area contributed by atoms with E-state index in [1.165, 1.54) is 20.2 Å². The van der Waals surface area contributed by atoms with Crippen LogP contribution in [0.1, 0.15) is 51.2 Å². The van der Waals surface area contributed by atoms with Crippen LogP contribution in [0.5, 0.6) is 11.5 Å². The van der Waals surface area contributed by atoms with Crippen molar-refractivity contribution in [2.75, 3.05) is 39.3 Å². The van der Waals surface area contributed by atoms with Gasteiger partial charge in [-0.15, -0.1) is 0 Å². The van der Waals surface area contributed by atoms with Crippen molar-refractivity contribution in [2.45, 2.75) is 51.7 Å². The first-order chi connectivity index (χ1) is 17.7. The SMILES string of the molecule is CC[C@H](C)[C@H](NC(=O)CCCN)C(=O)Oc1ccc(C(CNC(=O)CCSC)OC(=O)NC)cc1OC. The van der Waals surface area contributed by atoms with Crippen molar-refractivity contribution in [1.29, 1.82) is 0 Å². The maximum absolute atomic E-state index is 13.0. The number of nitrogens with two attached hydrogens (primary N) is 1. The van der Waals surface area contributed by atoms with Crippen LogP contribution in [0, 0.1) is 5.92 Å². The van der Waals surface area contributed by atoms with Gasteiger partial charge in [-0.2, -0.15) is 11.8 Å². The molecule has 0 spiro atoms. The van der Waals surface area contributed by atoms with Gasteiger partial charge in [0.05, 0.1) is 13.7 Å². The Hall–Kier alpha value is -2.99. The lowest BCUT2D eigenvalue weighted by Crippen LogP contribution is -2.47. The Morgan fingerprint density at radius 1 is 1.11 bits per heavy atom. The van der Waals surface area contributed by atoms with Crippen molar-refractivity contribution >= 4 is 35.6 Å². The van der Waals surface area contributed by atoms with Crippen LogP contribution in [-0.2, 0) is 19.1 Å². The number of esters is 1. The molecular weight excluding hydrogens is 500 g/mol. The highest BCUT2D eigenvalue weighted by molar-refractivity contribution is 7.98. The first kappa shape index (κ1) is 32.0. The summed E-state index contributed by atoms with van der Waals surface area (Å²) in [6.45, 7) is 4.19. The molecule has 5 N–H and O–H groups in total. The minimum absolute atomic E-state index is 0.0494. The van der Waals surface area contributed by atoms with Gasteiger partial charge in [-0.25, -0.2) is 9.59 Å². The second kappa shape index (κ2) is 17.5. The number of amides is 3. The van der Waals surface area contributed by atoms with Gasteiger partial charge in [0.15, 0.2) is 11.5 Å². The minimum atomic E-state index is -0.847. The summed E-state index contributed by atoms with van der Waals surface area (Å²) in [5.74, 6) is -0.191. The molecule has 0 radical (unpaired) electrons. The topological polar surface area (TPSA) is 158 Å². The highest BCUT2D eigenvalue weighted by Crippen LogP contribution is 2.32. The summed E-state index contributed by atoms with van der Waals surface area (Å²) in [7, 11) is 2.85. The van der Waals surface area contributed by atoms with Crippen LogP contribution in [0.4, 0.5) is 4.79 Å². The van der Waals surface area contributed by atoms with Crippen LogP contribution >= 0.6 is 11.8 Å². The second-order valence-electron chi connectivity index (χ2n) is 8.35. The molecule has 1 unspecified atom stereocenters. The Morgan fingerprint density at radius 3 is 2.43 bits per heavy atom. The van der Waals surface area contributed by atoms with E-state index in [-0.39, 0.29) is 42.2 Å². The van der Waals surface area contributed by atoms with Crippen LogP contribution in [-0.4, -0.2) is 69.2 Å². The Bertz CT molecular complexity index is 900. The molecule has 0 heterocycles. The van der Waals surface area contributed by atoms with Gasteiger partial charge < -0.3 is 35.9 Å². The van der Waals surface area contributed by atoms with E-state index < -0.39 is 24.2 Å². The molecule has 11 nitrogen and oxygen atoms in total. The lowest BCUT2D eigenvalue weighted by atomic mass is 9.99. The third-order valence-corrected chi connectivity index (χ3v) is 6.25. The van der Waals surface area contributed by atoms with E-state index in [1.807, 2.05) is 20.1 Å². The smallest absolute Gasteiger partial charge is 0.407 e. The van der Waals surface area contributed by atoms with Crippen LogP contribution in [0.2, 0.25) is 0 Å². The molecule has 12 heteroatoms. The first-order valence-electron chi connectivity index (χ1n) is 12.2. The summed E-state index contributed by atoms with van der Waals surface area (Å²) in [5, 5.41) is 7.90. The molecule has 1 aromatic carbocycles. The summed E-state index contributed by atoms with van der Waals surface area (Å²) in [5.41, 5.74) is 6.00. The molecule has 0 aliphatic heterocycles. The average Bonchev–Trinajstić information content (AvgIpc) is 2.90. The van der Waals surface area contributed by atoms with Crippen LogP contribution in [0.25, 0.3) is 0 Å². The summed E-state index contributed by atoms with van der Waals surface area (Å²) in [6, 6.07) is 3.86. The van der Waals surface area contributed by atoms with E-state index in [9.17, 15) is 19.2 Å². The number of carbonyl (C=O) groups excluding carboxylic acids is 4. The van der Waals surface area contributed by atoms with Crippen LogP contribution in [0.3, 0.4) is 0 Å². The highest BCUT2D eigenvalue weighted by atomic mass is 32.2. The van der Waals surface area contributed by atoms with E-state index in [1.54, 1.807) is 23.9 Å². The van der Waals surface area contributed by atoms with Gasteiger partial charge in [-0.3, -0.25) is 9.59 Å². The van der Waals surface area contributed by atoms with E-state index in [2.05, 4.69) is 16.0 Å². The van der Waals surface area contributed by atoms with E-state index in [4.69, 9.17) is 19.9 Å². The predicted octanol–water partition coefficient (Wildman–Crippen LogP) is 2.14. The van der Waals surface area contributed by atoms with Crippen molar-refractivity contribution in [3.8, 4) is 11.5 Å². The van der Waals surface area contributed by atoms with E-state index in [0.29, 0.717) is 37.1 Å². The summed E-state index contributed by atoms with van der Waals surface area (Å²) in [6.07, 6.45) is 2.15. The van der Waals surface area contributed by atoms with Gasteiger partial charge in [0.25, 0.3) is 0 Å². The number of carbonyl (C=O) groups is 4. The zero-order chi connectivity index (χ0) is 27.8. The number of alkyl carbamates (subject to hydrolysis) is 1. The van der Waals surface area contributed by atoms with Crippen LogP contribution in [0.15, 0.2) is 18.2 Å². The Balaban J connectivity index is 3.09. The zero-order valence-corrected chi connectivity index (χ0v) is 23.1. The maximum Gasteiger partial charge on any atom is 0.407 e. The number of methoxy groups -OCH3 is 1. The Labute approximate surface area is 222 Å². The van der Waals surface area contributed by atoms with Crippen molar-refractivity contribution in [3.63, 3.8) is 0 Å². The molecule has 0 aliphatic carbocycles. The number of benzene rings is 1. The molecule has 0 aliphatic rings. The van der Waals surface area contributed by atoms with Crippen molar-refractivity contribution < 1.29 is 33.4 Å². The summed E-state index contributed by atoms with van der Waals surface area (Å²) in [4.78, 5) is 49.2. The van der Waals surface area contributed by atoms with Crippen molar-refractivity contribution in [1.82, 2.24) is 16.0 Å². The lowest BCUT2D eigenvalue weighted by molar-refractivity contribution is -0.141. The predicted molar refractivity (Wildman–Crippen MR) is 143 cm³/mol. The maximum atomic E-state index is 13.0. The van der Waals surface area contributed by atoms with E-state index in [0.717, 1.165) is 0 Å². The molecule has 208 valence electrons. The monoisotopic (exact) mass is 540 g/mol. The Kier molecular flexibility index (Phi) is 15.1. The molecule has 0 aromatic heterocycles.